The quantitative estimate of drug-likeness (QED) is 0.196. The molecule has 10 heteroatoms. The molecule has 1 fully saturated rings. The van der Waals surface area contributed by atoms with Crippen LogP contribution in [0.25, 0.3) is 5.76 Å². The van der Waals surface area contributed by atoms with Crippen molar-refractivity contribution in [1.29, 1.82) is 0 Å². The van der Waals surface area contributed by atoms with Crippen molar-refractivity contribution in [3.05, 3.63) is 34.7 Å². The molecule has 0 bridgehead atoms. The molecule has 2 rings (SSSR count). The van der Waals surface area contributed by atoms with Crippen LogP contribution in [0.15, 0.2) is 16.6 Å². The largest absolute Gasteiger partial charge is 0.506 e. The van der Waals surface area contributed by atoms with Gasteiger partial charge in [0.1, 0.15) is 11.3 Å². The first-order valence-electron chi connectivity index (χ1n) is 7.52. The number of benzene rings is 1. The van der Waals surface area contributed by atoms with E-state index in [4.69, 9.17) is 4.74 Å². The van der Waals surface area contributed by atoms with Crippen LogP contribution in [-0.2, 0) is 9.53 Å². The number of halogens is 5. The monoisotopic (exact) mass is 379 g/mol. The van der Waals surface area contributed by atoms with Crippen molar-refractivity contribution < 1.29 is 41.3 Å². The molecule has 0 amide bonds. The number of carbonyl (C=O) groups is 1. The van der Waals surface area contributed by atoms with Gasteiger partial charge in [-0.25, -0.2) is 13.6 Å². The molecule has 0 spiro atoms. The third kappa shape index (κ3) is 4.50. The van der Waals surface area contributed by atoms with Crippen LogP contribution in [0.5, 0.6) is 5.75 Å². The van der Waals surface area contributed by atoms with E-state index in [1.807, 2.05) is 0 Å². The van der Waals surface area contributed by atoms with Crippen molar-refractivity contribution in [3.63, 3.8) is 0 Å². The summed E-state index contributed by atoms with van der Waals surface area (Å²) >= 11 is 0. The molecule has 1 aliphatic carbocycles. The summed E-state index contributed by atoms with van der Waals surface area (Å²) in [5, 5.41) is 10.2. The average Bonchev–Trinajstić information content (AvgIpc) is 3.39. The Bertz CT molecular complexity index is 759. The van der Waals surface area contributed by atoms with Crippen LogP contribution >= 0.6 is 0 Å². The van der Waals surface area contributed by atoms with Crippen molar-refractivity contribution in [2.75, 3.05) is 6.61 Å². The molecule has 26 heavy (non-hydrogen) atoms. The van der Waals surface area contributed by atoms with E-state index in [1.54, 1.807) is 0 Å². The smallest absolute Gasteiger partial charge is 0.387 e. The van der Waals surface area contributed by atoms with Crippen LogP contribution < -0.4 is 4.74 Å². The SMILES string of the molecule is CCOC(=O)C(C=NC1CC1)=C(O)c1cc(F)c(F)c(OC(F)F)c1F. The molecule has 0 atom stereocenters. The third-order valence-electron chi connectivity index (χ3n) is 3.29. The molecule has 0 heterocycles. The molecule has 1 N–H and O–H groups in total. The molecule has 1 saturated carbocycles. The van der Waals surface area contributed by atoms with Crippen molar-refractivity contribution in [3.8, 4) is 5.75 Å². The van der Waals surface area contributed by atoms with Crippen LogP contribution in [0.4, 0.5) is 22.0 Å². The first-order valence-corrected chi connectivity index (χ1v) is 7.52. The molecular weight excluding hydrogens is 365 g/mol. The maximum Gasteiger partial charge on any atom is 0.387 e. The minimum absolute atomic E-state index is 0.0836. The summed E-state index contributed by atoms with van der Waals surface area (Å²) in [5.74, 6) is -9.53. The summed E-state index contributed by atoms with van der Waals surface area (Å²) < 4.78 is 74.4. The minimum atomic E-state index is -3.64. The molecule has 0 unspecified atom stereocenters. The number of aliphatic imine (C=N–C) groups is 1. The van der Waals surface area contributed by atoms with Crippen LogP contribution in [0, 0.1) is 17.5 Å². The van der Waals surface area contributed by atoms with Crippen molar-refractivity contribution in [2.24, 2.45) is 4.99 Å². The second-order valence-corrected chi connectivity index (χ2v) is 5.23. The number of alkyl halides is 2. The van der Waals surface area contributed by atoms with Crippen LogP contribution in [0.2, 0.25) is 0 Å². The number of aliphatic hydroxyl groups excluding tert-OH is 1. The predicted molar refractivity (Wildman–Crippen MR) is 80.6 cm³/mol. The fourth-order valence-corrected chi connectivity index (χ4v) is 1.91. The van der Waals surface area contributed by atoms with E-state index in [0.717, 1.165) is 19.1 Å². The summed E-state index contributed by atoms with van der Waals surface area (Å²) in [6, 6.07) is 0.127. The van der Waals surface area contributed by atoms with Gasteiger partial charge in [0.05, 0.1) is 18.2 Å². The van der Waals surface area contributed by atoms with Crippen molar-refractivity contribution in [1.82, 2.24) is 0 Å². The zero-order chi connectivity index (χ0) is 19.4. The number of hydrogen-bond donors (Lipinski definition) is 1. The van der Waals surface area contributed by atoms with E-state index < -0.39 is 52.7 Å². The van der Waals surface area contributed by atoms with Gasteiger partial charge < -0.3 is 14.6 Å². The Balaban J connectivity index is 2.58. The fourth-order valence-electron chi connectivity index (χ4n) is 1.91. The Labute approximate surface area is 144 Å². The highest BCUT2D eigenvalue weighted by molar-refractivity contribution is 6.15. The number of aliphatic hydroxyl groups is 1. The van der Waals surface area contributed by atoms with Gasteiger partial charge in [0, 0.05) is 6.21 Å². The zero-order valence-corrected chi connectivity index (χ0v) is 13.4. The Kier molecular flexibility index (Phi) is 6.17. The standard InChI is InChI=1S/C16H14F5NO4/c1-2-25-15(24)9(6-22-7-3-4-7)13(23)8-5-10(17)12(19)14(11(8)18)26-16(20)21/h5-7,16,23H,2-4H2,1H3. The van der Waals surface area contributed by atoms with Crippen molar-refractivity contribution in [2.45, 2.75) is 32.4 Å². The van der Waals surface area contributed by atoms with Gasteiger partial charge in [-0.3, -0.25) is 4.99 Å². The molecule has 0 aliphatic heterocycles. The van der Waals surface area contributed by atoms with Crippen LogP contribution in [0.1, 0.15) is 25.3 Å². The molecule has 1 aromatic rings. The van der Waals surface area contributed by atoms with Gasteiger partial charge in [0.2, 0.25) is 11.6 Å². The van der Waals surface area contributed by atoms with E-state index in [9.17, 15) is 31.9 Å². The normalized spacial score (nSPS) is 15.3. The Morgan fingerprint density at radius 2 is 2.00 bits per heavy atom. The van der Waals surface area contributed by atoms with Gasteiger partial charge in [0.25, 0.3) is 0 Å². The number of rotatable bonds is 7. The fraction of sp³-hybridized carbons (Fsp3) is 0.375. The molecule has 0 radical (unpaired) electrons. The second kappa shape index (κ2) is 8.15. The maximum atomic E-state index is 14.3. The number of nitrogens with zero attached hydrogens (tertiary/aromatic N) is 1. The summed E-state index contributed by atoms with van der Waals surface area (Å²) in [6.07, 6.45) is 2.41. The molecule has 0 aromatic heterocycles. The average molecular weight is 379 g/mol. The molecule has 5 nitrogen and oxygen atoms in total. The highest BCUT2D eigenvalue weighted by Gasteiger charge is 2.28. The summed E-state index contributed by atoms with van der Waals surface area (Å²) in [4.78, 5) is 15.9. The van der Waals surface area contributed by atoms with E-state index in [2.05, 4.69) is 9.73 Å². The first-order chi connectivity index (χ1) is 12.3. The molecule has 0 saturated heterocycles. The maximum absolute atomic E-state index is 14.3. The first kappa shape index (κ1) is 19.7. The third-order valence-corrected chi connectivity index (χ3v) is 3.29. The van der Waals surface area contributed by atoms with Crippen LogP contribution in [0.3, 0.4) is 0 Å². The summed E-state index contributed by atoms with van der Waals surface area (Å²) in [5.41, 5.74) is -1.68. The molecule has 1 aliphatic rings. The molecular formula is C16H14F5NO4. The van der Waals surface area contributed by atoms with Gasteiger partial charge in [-0.05, 0) is 25.8 Å². The van der Waals surface area contributed by atoms with E-state index >= 15 is 0 Å². The number of ether oxygens (including phenoxy) is 2. The van der Waals surface area contributed by atoms with Gasteiger partial charge in [-0.2, -0.15) is 13.2 Å². The highest BCUT2D eigenvalue weighted by Crippen LogP contribution is 2.32. The van der Waals surface area contributed by atoms with Gasteiger partial charge >= 0.3 is 12.6 Å². The Morgan fingerprint density at radius 1 is 1.35 bits per heavy atom. The number of hydrogen-bond acceptors (Lipinski definition) is 5. The number of esters is 1. The van der Waals surface area contributed by atoms with E-state index in [-0.39, 0.29) is 18.7 Å². The van der Waals surface area contributed by atoms with E-state index in [0.29, 0.717) is 0 Å². The second-order valence-electron chi connectivity index (χ2n) is 5.23. The number of carbonyl (C=O) groups excluding carboxylic acids is 1. The predicted octanol–water partition coefficient (Wildman–Crippen LogP) is 3.77. The Hall–Kier alpha value is -2.65. The van der Waals surface area contributed by atoms with E-state index in [1.165, 1.54) is 6.92 Å². The lowest BCUT2D eigenvalue weighted by atomic mass is 10.1. The Morgan fingerprint density at radius 3 is 2.54 bits per heavy atom. The van der Waals surface area contributed by atoms with Gasteiger partial charge in [-0.1, -0.05) is 0 Å². The lowest BCUT2D eigenvalue weighted by molar-refractivity contribution is -0.137. The lowest BCUT2D eigenvalue weighted by Gasteiger charge is -2.12. The molecule has 142 valence electrons. The zero-order valence-electron chi connectivity index (χ0n) is 13.4. The minimum Gasteiger partial charge on any atom is -0.506 e. The van der Waals surface area contributed by atoms with Gasteiger partial charge in [0.15, 0.2) is 11.6 Å². The topological polar surface area (TPSA) is 68.1 Å². The summed E-state index contributed by atoms with van der Waals surface area (Å²) in [6.45, 7) is -2.26. The van der Waals surface area contributed by atoms with Crippen molar-refractivity contribution >= 4 is 17.9 Å². The lowest BCUT2D eigenvalue weighted by Crippen LogP contribution is -2.13. The molecule has 1 aromatic carbocycles. The highest BCUT2D eigenvalue weighted by atomic mass is 19.3. The van der Waals surface area contributed by atoms with Gasteiger partial charge in [-0.15, -0.1) is 0 Å². The van der Waals surface area contributed by atoms with Crippen LogP contribution in [-0.4, -0.2) is 36.6 Å². The summed E-state index contributed by atoms with van der Waals surface area (Å²) in [7, 11) is 0.